The Morgan fingerprint density at radius 2 is 1.39 bits per heavy atom. The summed E-state index contributed by atoms with van der Waals surface area (Å²) in [5.74, 6) is 0.0522. The van der Waals surface area contributed by atoms with Crippen LogP contribution in [0, 0.1) is 0 Å². The van der Waals surface area contributed by atoms with Crippen LogP contribution in [0.25, 0.3) is 21.9 Å². The van der Waals surface area contributed by atoms with E-state index in [-0.39, 0.29) is 24.1 Å². The predicted molar refractivity (Wildman–Crippen MR) is 141 cm³/mol. The number of rotatable bonds is 3. The third kappa shape index (κ3) is 3.28. The molecule has 0 saturated carbocycles. The number of ether oxygens (including phenoxy) is 1. The van der Waals surface area contributed by atoms with E-state index < -0.39 is 5.60 Å². The molecule has 2 saturated heterocycles. The molecule has 1 N–H and O–H groups in total. The Balaban J connectivity index is 1.11. The first-order valence-electron chi connectivity index (χ1n) is 13.0. The average molecular weight is 476 g/mol. The van der Waals surface area contributed by atoms with Crippen LogP contribution >= 0.6 is 0 Å². The van der Waals surface area contributed by atoms with Gasteiger partial charge >= 0.3 is 6.09 Å². The molecule has 2 aliphatic heterocycles. The van der Waals surface area contributed by atoms with Crippen LogP contribution in [0.3, 0.4) is 0 Å². The first-order valence-corrected chi connectivity index (χ1v) is 13.0. The summed E-state index contributed by atoms with van der Waals surface area (Å²) in [5.41, 5.74) is 4.94. The zero-order valence-corrected chi connectivity index (χ0v) is 20.1. The minimum atomic E-state index is -0.938. The number of nitrogens with zero attached hydrogens (tertiary/aromatic N) is 1. The molecule has 4 aromatic rings. The Kier molecular flexibility index (Phi) is 4.93. The molecule has 2 atom stereocenters. The number of hydrogen-bond donors (Lipinski definition) is 1. The van der Waals surface area contributed by atoms with Crippen LogP contribution < -0.4 is 0 Å². The second kappa shape index (κ2) is 8.21. The van der Waals surface area contributed by atoms with Crippen LogP contribution in [-0.4, -0.2) is 34.8 Å². The Hall–Kier alpha value is -3.63. The van der Waals surface area contributed by atoms with E-state index in [1.165, 1.54) is 22.3 Å². The zero-order valence-electron chi connectivity index (χ0n) is 20.1. The minimum Gasteiger partial charge on any atom is -0.448 e. The lowest BCUT2D eigenvalue weighted by atomic mass is 9.79. The number of hydrogen-bond acceptors (Lipinski definition) is 3. The van der Waals surface area contributed by atoms with Crippen molar-refractivity contribution in [3.05, 3.63) is 108 Å². The summed E-state index contributed by atoms with van der Waals surface area (Å²) in [5, 5.41) is 14.1. The van der Waals surface area contributed by atoms with E-state index in [1.54, 1.807) is 0 Å². The summed E-state index contributed by atoms with van der Waals surface area (Å²) >= 11 is 0. The fourth-order valence-electron chi connectivity index (χ4n) is 7.04. The van der Waals surface area contributed by atoms with E-state index in [4.69, 9.17) is 4.74 Å². The quantitative estimate of drug-likeness (QED) is 0.363. The number of carbonyl (C=O) groups excluding carboxylic acids is 1. The Labute approximate surface area is 211 Å². The maximum atomic E-state index is 13.4. The highest BCUT2D eigenvalue weighted by Crippen LogP contribution is 2.48. The van der Waals surface area contributed by atoms with Crippen molar-refractivity contribution in [1.82, 2.24) is 4.90 Å². The zero-order chi connectivity index (χ0) is 24.3. The van der Waals surface area contributed by atoms with Crippen LogP contribution in [0.1, 0.15) is 48.3 Å². The van der Waals surface area contributed by atoms with Crippen molar-refractivity contribution in [3.8, 4) is 11.1 Å². The Morgan fingerprint density at radius 3 is 2.08 bits per heavy atom. The molecule has 4 nitrogen and oxygen atoms in total. The lowest BCUT2D eigenvalue weighted by Gasteiger charge is -2.43. The van der Waals surface area contributed by atoms with Gasteiger partial charge in [-0.05, 0) is 51.4 Å². The van der Waals surface area contributed by atoms with Crippen LogP contribution in [0.2, 0.25) is 0 Å². The van der Waals surface area contributed by atoms with Crippen molar-refractivity contribution in [3.63, 3.8) is 0 Å². The van der Waals surface area contributed by atoms with Gasteiger partial charge in [0.2, 0.25) is 0 Å². The summed E-state index contributed by atoms with van der Waals surface area (Å²) < 4.78 is 6.01. The van der Waals surface area contributed by atoms with Crippen molar-refractivity contribution >= 4 is 16.9 Å². The second-order valence-electron chi connectivity index (χ2n) is 10.6. The van der Waals surface area contributed by atoms with Gasteiger partial charge in [-0.25, -0.2) is 4.79 Å². The van der Waals surface area contributed by atoms with Crippen LogP contribution in [0.5, 0.6) is 0 Å². The van der Waals surface area contributed by atoms with Gasteiger partial charge in [0.1, 0.15) is 6.61 Å². The van der Waals surface area contributed by atoms with Gasteiger partial charge in [-0.2, -0.15) is 0 Å². The van der Waals surface area contributed by atoms with Crippen molar-refractivity contribution in [2.45, 2.75) is 49.3 Å². The normalized spacial score (nSPS) is 24.5. The van der Waals surface area contributed by atoms with Gasteiger partial charge in [-0.15, -0.1) is 0 Å². The van der Waals surface area contributed by atoms with Gasteiger partial charge in [-0.1, -0.05) is 91.0 Å². The first-order chi connectivity index (χ1) is 17.6. The smallest absolute Gasteiger partial charge is 0.410 e. The van der Waals surface area contributed by atoms with Gasteiger partial charge in [-0.3, -0.25) is 0 Å². The van der Waals surface area contributed by atoms with E-state index in [0.29, 0.717) is 19.4 Å². The average Bonchev–Trinajstić information content (AvgIpc) is 3.39. The lowest BCUT2D eigenvalue weighted by molar-refractivity contribution is -0.0521. The van der Waals surface area contributed by atoms with Gasteiger partial charge in [0, 0.05) is 30.8 Å². The molecule has 2 heterocycles. The highest BCUT2D eigenvalue weighted by Gasteiger charge is 2.51. The summed E-state index contributed by atoms with van der Waals surface area (Å²) in [7, 11) is 0. The standard InChI is InChI=1S/C32H29NO3/c34-31(36-20-29-27-13-5-3-11-25(27)26-12-4-6-14-28(26)29)33-22-16-17-23(33)19-32(35,18-22)30-15-7-9-21-8-1-2-10-24(21)30/h1-15,22-23,29,35H,16-20H2. The molecule has 7 rings (SSSR count). The number of carbonyl (C=O) groups is 1. The molecular formula is C32H29NO3. The fourth-order valence-corrected chi connectivity index (χ4v) is 7.04. The van der Waals surface area contributed by atoms with Crippen LogP contribution in [0.4, 0.5) is 4.79 Å². The molecule has 0 radical (unpaired) electrons. The number of amides is 1. The van der Waals surface area contributed by atoms with E-state index >= 15 is 0 Å². The summed E-state index contributed by atoms with van der Waals surface area (Å²) in [6, 6.07) is 31.2. The molecule has 180 valence electrons. The minimum absolute atomic E-state index is 0.0108. The van der Waals surface area contributed by atoms with E-state index in [1.807, 2.05) is 29.2 Å². The van der Waals surface area contributed by atoms with E-state index in [0.717, 1.165) is 29.2 Å². The highest BCUT2D eigenvalue weighted by atomic mass is 16.6. The third-order valence-electron chi connectivity index (χ3n) is 8.60. The summed E-state index contributed by atoms with van der Waals surface area (Å²) in [6.45, 7) is 0.330. The topological polar surface area (TPSA) is 49.8 Å². The van der Waals surface area contributed by atoms with Gasteiger partial charge in [0.05, 0.1) is 5.60 Å². The molecular weight excluding hydrogens is 446 g/mol. The maximum absolute atomic E-state index is 13.4. The molecule has 4 heteroatoms. The lowest BCUT2D eigenvalue weighted by Crippen LogP contribution is -2.52. The van der Waals surface area contributed by atoms with E-state index in [9.17, 15) is 9.90 Å². The van der Waals surface area contributed by atoms with Crippen LogP contribution in [0.15, 0.2) is 91.0 Å². The highest BCUT2D eigenvalue weighted by molar-refractivity contribution is 5.86. The second-order valence-corrected chi connectivity index (χ2v) is 10.6. The van der Waals surface area contributed by atoms with Crippen molar-refractivity contribution in [2.24, 2.45) is 0 Å². The molecule has 4 aromatic carbocycles. The number of aliphatic hydroxyl groups is 1. The Morgan fingerprint density at radius 1 is 0.806 bits per heavy atom. The number of fused-ring (bicyclic) bond motifs is 6. The largest absolute Gasteiger partial charge is 0.448 e. The number of piperidine rings is 1. The molecule has 3 aliphatic rings. The van der Waals surface area contributed by atoms with Crippen molar-refractivity contribution in [2.75, 3.05) is 6.61 Å². The van der Waals surface area contributed by atoms with Gasteiger partial charge in [0.15, 0.2) is 0 Å². The molecule has 36 heavy (non-hydrogen) atoms. The summed E-state index contributed by atoms with van der Waals surface area (Å²) in [6.07, 6.45) is 2.65. The Bertz CT molecular complexity index is 1410. The first kappa shape index (κ1) is 21.6. The maximum Gasteiger partial charge on any atom is 0.410 e. The van der Waals surface area contributed by atoms with Crippen molar-refractivity contribution in [1.29, 1.82) is 0 Å². The number of benzene rings is 4. The summed E-state index contributed by atoms with van der Waals surface area (Å²) in [4.78, 5) is 15.3. The molecule has 2 bridgehead atoms. The third-order valence-corrected chi connectivity index (χ3v) is 8.60. The molecule has 2 fully saturated rings. The molecule has 1 amide bonds. The predicted octanol–water partition coefficient (Wildman–Crippen LogP) is 6.60. The molecule has 1 aliphatic carbocycles. The molecule has 2 unspecified atom stereocenters. The SMILES string of the molecule is O=C(OCC1c2ccccc2-c2ccccc21)N1C2CCC1CC(O)(c1cccc3ccccc13)C2. The monoisotopic (exact) mass is 475 g/mol. The van der Waals surface area contributed by atoms with Gasteiger partial charge in [0.25, 0.3) is 0 Å². The molecule has 0 aromatic heterocycles. The van der Waals surface area contributed by atoms with Crippen LogP contribution in [-0.2, 0) is 10.3 Å². The van der Waals surface area contributed by atoms with Gasteiger partial charge < -0.3 is 14.7 Å². The van der Waals surface area contributed by atoms with Crippen molar-refractivity contribution < 1.29 is 14.6 Å². The molecule has 0 spiro atoms. The fraction of sp³-hybridized carbons (Fsp3) is 0.281. The van der Waals surface area contributed by atoms with E-state index in [2.05, 4.69) is 66.7 Å².